The number of rotatable bonds is 9. The normalized spacial score (nSPS) is 15.2. The van der Waals surface area contributed by atoms with E-state index >= 15 is 0 Å². The Bertz CT molecular complexity index is 1080. The van der Waals surface area contributed by atoms with Crippen molar-refractivity contribution in [2.45, 2.75) is 32.1 Å². The molecule has 0 N–H and O–H groups in total. The fourth-order valence-corrected chi connectivity index (χ4v) is 4.53. The van der Waals surface area contributed by atoms with Crippen molar-refractivity contribution in [3.05, 3.63) is 65.6 Å². The lowest BCUT2D eigenvalue weighted by Crippen LogP contribution is -2.36. The molecule has 1 fully saturated rings. The molecule has 176 valence electrons. The van der Waals surface area contributed by atoms with E-state index in [4.69, 9.17) is 9.47 Å². The highest BCUT2D eigenvalue weighted by atomic mass is 19.2. The predicted molar refractivity (Wildman–Crippen MR) is 122 cm³/mol. The Morgan fingerprint density at radius 1 is 1.06 bits per heavy atom. The molecular formula is C26H29F3N2O2. The van der Waals surface area contributed by atoms with Gasteiger partial charge in [0.25, 0.3) is 0 Å². The summed E-state index contributed by atoms with van der Waals surface area (Å²) < 4.78 is 52.1. The summed E-state index contributed by atoms with van der Waals surface area (Å²) >= 11 is 0. The van der Waals surface area contributed by atoms with Gasteiger partial charge in [-0.15, -0.1) is 0 Å². The second-order valence-corrected chi connectivity index (χ2v) is 8.55. The van der Waals surface area contributed by atoms with Crippen LogP contribution in [0.15, 0.2) is 42.6 Å². The minimum Gasteiger partial charge on any atom is -0.497 e. The number of methoxy groups -OCH3 is 1. The van der Waals surface area contributed by atoms with Gasteiger partial charge in [-0.25, -0.2) is 8.78 Å². The van der Waals surface area contributed by atoms with Crippen molar-refractivity contribution in [2.24, 2.45) is 5.92 Å². The van der Waals surface area contributed by atoms with Crippen LogP contribution in [0.25, 0.3) is 10.9 Å². The van der Waals surface area contributed by atoms with E-state index in [9.17, 15) is 13.2 Å². The first-order chi connectivity index (χ1) is 16.0. The molecule has 1 saturated heterocycles. The molecule has 1 aliphatic rings. The number of aryl methyl sites for hydroxylation is 1. The molecule has 7 heteroatoms. The van der Waals surface area contributed by atoms with Crippen LogP contribution in [-0.4, -0.2) is 43.2 Å². The van der Waals surface area contributed by atoms with Crippen LogP contribution in [0.2, 0.25) is 0 Å². The molecule has 4 nitrogen and oxygen atoms in total. The van der Waals surface area contributed by atoms with Crippen LogP contribution >= 0.6 is 0 Å². The third-order valence-electron chi connectivity index (χ3n) is 6.46. The van der Waals surface area contributed by atoms with Crippen molar-refractivity contribution < 1.29 is 22.6 Å². The highest BCUT2D eigenvalue weighted by Crippen LogP contribution is 2.28. The zero-order valence-corrected chi connectivity index (χ0v) is 18.8. The summed E-state index contributed by atoms with van der Waals surface area (Å²) in [6, 6.07) is 9.52. The minimum absolute atomic E-state index is 0.0432. The lowest BCUT2D eigenvalue weighted by Gasteiger charge is -2.31. The summed E-state index contributed by atoms with van der Waals surface area (Å²) in [5.41, 5.74) is 1.49. The molecule has 1 aromatic heterocycles. The predicted octanol–water partition coefficient (Wildman–Crippen LogP) is 5.77. The van der Waals surface area contributed by atoms with Gasteiger partial charge < -0.3 is 9.47 Å². The Labute approximate surface area is 192 Å². The van der Waals surface area contributed by atoms with E-state index in [0.29, 0.717) is 36.8 Å². The number of halogens is 3. The molecule has 0 aliphatic carbocycles. The van der Waals surface area contributed by atoms with Crippen LogP contribution in [-0.2, 0) is 6.42 Å². The highest BCUT2D eigenvalue weighted by Gasteiger charge is 2.20. The van der Waals surface area contributed by atoms with Gasteiger partial charge in [-0.05, 0) is 80.6 Å². The number of benzene rings is 2. The van der Waals surface area contributed by atoms with Gasteiger partial charge in [-0.2, -0.15) is 4.39 Å². The van der Waals surface area contributed by atoms with Crippen LogP contribution in [0.5, 0.6) is 11.5 Å². The van der Waals surface area contributed by atoms with Crippen LogP contribution in [0.3, 0.4) is 0 Å². The number of fused-ring (bicyclic) bond motifs is 1. The van der Waals surface area contributed by atoms with Gasteiger partial charge in [0.1, 0.15) is 18.2 Å². The lowest BCUT2D eigenvalue weighted by molar-refractivity contribution is 0.148. The molecule has 0 radical (unpaired) electrons. The third kappa shape index (κ3) is 5.77. The summed E-state index contributed by atoms with van der Waals surface area (Å²) in [5, 5.41) is 0.818. The average Bonchev–Trinajstić information content (AvgIpc) is 2.83. The number of likely N-dealkylation sites (tertiary alicyclic amines) is 1. The van der Waals surface area contributed by atoms with E-state index in [2.05, 4.69) is 9.88 Å². The van der Waals surface area contributed by atoms with Crippen molar-refractivity contribution in [3.63, 3.8) is 0 Å². The van der Waals surface area contributed by atoms with E-state index in [1.165, 1.54) is 18.3 Å². The van der Waals surface area contributed by atoms with Gasteiger partial charge in [-0.3, -0.25) is 9.88 Å². The molecule has 0 bridgehead atoms. The fraction of sp³-hybridized carbons (Fsp3) is 0.423. The molecule has 0 saturated carbocycles. The molecular weight excluding hydrogens is 429 g/mol. The Hall–Kier alpha value is -2.80. The van der Waals surface area contributed by atoms with Gasteiger partial charge in [0, 0.05) is 11.9 Å². The van der Waals surface area contributed by atoms with Gasteiger partial charge >= 0.3 is 0 Å². The number of pyridine rings is 1. The van der Waals surface area contributed by atoms with E-state index in [0.717, 1.165) is 55.7 Å². The SMILES string of the molecule is COc1ccc2ncc(F)c(CCCC3CCN(CCOc4cccc(F)c4F)CC3)c2c1. The van der Waals surface area contributed by atoms with Gasteiger partial charge in [0.05, 0.1) is 18.8 Å². The maximum Gasteiger partial charge on any atom is 0.200 e. The first kappa shape index (κ1) is 23.4. The largest absolute Gasteiger partial charge is 0.497 e. The number of hydrogen-bond acceptors (Lipinski definition) is 4. The van der Waals surface area contributed by atoms with Crippen LogP contribution in [0.1, 0.15) is 31.2 Å². The monoisotopic (exact) mass is 458 g/mol. The minimum atomic E-state index is -0.937. The first-order valence-electron chi connectivity index (χ1n) is 11.5. The van der Waals surface area contributed by atoms with Crippen LogP contribution < -0.4 is 9.47 Å². The van der Waals surface area contributed by atoms with Crippen molar-refractivity contribution in [1.29, 1.82) is 0 Å². The number of nitrogens with zero attached hydrogens (tertiary/aromatic N) is 2. The average molecular weight is 459 g/mol. The maximum absolute atomic E-state index is 14.5. The van der Waals surface area contributed by atoms with E-state index in [1.54, 1.807) is 7.11 Å². The number of hydrogen-bond donors (Lipinski definition) is 0. The van der Waals surface area contributed by atoms with Crippen LogP contribution in [0.4, 0.5) is 13.2 Å². The lowest BCUT2D eigenvalue weighted by atomic mass is 9.90. The van der Waals surface area contributed by atoms with Gasteiger partial charge in [-0.1, -0.05) is 12.5 Å². The van der Waals surface area contributed by atoms with Crippen LogP contribution in [0, 0.1) is 23.4 Å². The number of aromatic nitrogens is 1. The Balaban J connectivity index is 1.22. The van der Waals surface area contributed by atoms with Gasteiger partial charge in [0.2, 0.25) is 5.82 Å². The second-order valence-electron chi connectivity index (χ2n) is 8.55. The van der Waals surface area contributed by atoms with Crippen molar-refractivity contribution in [1.82, 2.24) is 9.88 Å². The standard InChI is InChI=1S/C26H29F3N2O2/c1-32-19-8-9-24-21(16-19)20(23(28)17-30-24)5-2-4-18-10-12-31(13-11-18)14-15-33-25-7-3-6-22(27)26(25)29/h3,6-9,16-18H,2,4-5,10-15H2,1H3. The fourth-order valence-electron chi connectivity index (χ4n) is 4.53. The zero-order valence-electron chi connectivity index (χ0n) is 18.8. The zero-order chi connectivity index (χ0) is 23.2. The maximum atomic E-state index is 14.5. The molecule has 0 amide bonds. The number of piperidine rings is 1. The van der Waals surface area contributed by atoms with Gasteiger partial charge in [0.15, 0.2) is 11.6 Å². The highest BCUT2D eigenvalue weighted by molar-refractivity contribution is 5.83. The van der Waals surface area contributed by atoms with Crippen molar-refractivity contribution in [3.8, 4) is 11.5 Å². The molecule has 33 heavy (non-hydrogen) atoms. The summed E-state index contributed by atoms with van der Waals surface area (Å²) in [7, 11) is 1.60. The molecule has 4 rings (SSSR count). The molecule has 0 unspecified atom stereocenters. The smallest absolute Gasteiger partial charge is 0.200 e. The topological polar surface area (TPSA) is 34.6 Å². The van der Waals surface area contributed by atoms with Crippen molar-refractivity contribution in [2.75, 3.05) is 33.4 Å². The number of ether oxygens (including phenoxy) is 2. The summed E-state index contributed by atoms with van der Waals surface area (Å²) in [5.74, 6) is -0.833. The first-order valence-corrected chi connectivity index (χ1v) is 11.5. The molecule has 0 spiro atoms. The second kappa shape index (κ2) is 10.9. The molecule has 2 aromatic carbocycles. The summed E-state index contributed by atoms with van der Waals surface area (Å²) in [4.78, 5) is 6.48. The Morgan fingerprint density at radius 2 is 1.88 bits per heavy atom. The quantitative estimate of drug-likeness (QED) is 0.408. The summed E-state index contributed by atoms with van der Waals surface area (Å²) in [6.07, 6.45) is 6.08. The molecule has 3 aromatic rings. The Morgan fingerprint density at radius 3 is 2.67 bits per heavy atom. The molecule has 2 heterocycles. The molecule has 1 aliphatic heterocycles. The third-order valence-corrected chi connectivity index (χ3v) is 6.46. The van der Waals surface area contributed by atoms with E-state index < -0.39 is 11.6 Å². The van der Waals surface area contributed by atoms with E-state index in [1.807, 2.05) is 18.2 Å². The van der Waals surface area contributed by atoms with Crippen molar-refractivity contribution >= 4 is 10.9 Å². The Kier molecular flexibility index (Phi) is 7.70. The summed E-state index contributed by atoms with van der Waals surface area (Å²) in [6.45, 7) is 2.90. The molecule has 0 atom stereocenters. The van der Waals surface area contributed by atoms with E-state index in [-0.39, 0.29) is 11.6 Å².